The number of nitrogens with one attached hydrogen (secondary N) is 1. The van der Waals surface area contributed by atoms with E-state index in [0.717, 1.165) is 17.0 Å². The maximum Gasteiger partial charge on any atom is 0.418 e. The van der Waals surface area contributed by atoms with E-state index in [1.54, 1.807) is 0 Å². The minimum atomic E-state index is -4.57. The van der Waals surface area contributed by atoms with Crippen molar-refractivity contribution >= 4 is 29.1 Å². The zero-order valence-corrected chi connectivity index (χ0v) is 12.1. The van der Waals surface area contributed by atoms with Crippen LogP contribution in [-0.2, 0) is 15.8 Å². The molecule has 0 saturated heterocycles. The number of nitrogens with zero attached hydrogens (tertiary/aromatic N) is 1. The molecule has 0 aliphatic carbocycles. The summed E-state index contributed by atoms with van der Waals surface area (Å²) in [4.78, 5) is 24.2. The highest BCUT2D eigenvalue weighted by Gasteiger charge is 2.33. The van der Waals surface area contributed by atoms with Gasteiger partial charge in [-0.25, -0.2) is 0 Å². The lowest BCUT2D eigenvalue weighted by atomic mass is 10.1. The number of carbonyl (C=O) groups excluding carboxylic acids is 2. The number of halogens is 4. The topological polar surface area (TPSA) is 49.4 Å². The van der Waals surface area contributed by atoms with Gasteiger partial charge in [0.25, 0.3) is 0 Å². The molecule has 4 nitrogen and oxygen atoms in total. The van der Waals surface area contributed by atoms with E-state index < -0.39 is 28.9 Å². The SMILES string of the molecule is CC(Cl)C(=O)N(C)CC(=O)Nc1ccccc1C(F)(F)F. The second kappa shape index (κ2) is 6.80. The fourth-order valence-corrected chi connectivity index (χ4v) is 1.79. The van der Waals surface area contributed by atoms with Gasteiger partial charge in [0.2, 0.25) is 11.8 Å². The highest BCUT2D eigenvalue weighted by Crippen LogP contribution is 2.34. The largest absolute Gasteiger partial charge is 0.418 e. The Kier molecular flexibility index (Phi) is 5.60. The molecule has 1 aromatic carbocycles. The van der Waals surface area contributed by atoms with Crippen molar-refractivity contribution < 1.29 is 22.8 Å². The van der Waals surface area contributed by atoms with E-state index in [4.69, 9.17) is 11.6 Å². The summed E-state index contributed by atoms with van der Waals surface area (Å²) in [5.41, 5.74) is -1.30. The van der Waals surface area contributed by atoms with Crippen molar-refractivity contribution in [2.24, 2.45) is 0 Å². The third-order valence-electron chi connectivity index (χ3n) is 2.60. The molecular weight excluding hydrogens is 309 g/mol. The normalized spacial score (nSPS) is 12.7. The van der Waals surface area contributed by atoms with Gasteiger partial charge in [-0.1, -0.05) is 12.1 Å². The number of anilines is 1. The third kappa shape index (κ3) is 4.93. The van der Waals surface area contributed by atoms with Gasteiger partial charge in [-0.05, 0) is 19.1 Å². The zero-order chi connectivity index (χ0) is 16.2. The van der Waals surface area contributed by atoms with E-state index in [0.29, 0.717) is 0 Å². The third-order valence-corrected chi connectivity index (χ3v) is 2.79. The molecule has 0 spiro atoms. The molecule has 0 aliphatic rings. The summed E-state index contributed by atoms with van der Waals surface area (Å²) in [7, 11) is 1.34. The molecule has 1 aromatic rings. The Balaban J connectivity index is 2.79. The smallest absolute Gasteiger partial charge is 0.335 e. The summed E-state index contributed by atoms with van der Waals surface area (Å²) in [6, 6.07) is 4.61. The lowest BCUT2D eigenvalue weighted by molar-refractivity contribution is -0.137. The van der Waals surface area contributed by atoms with Crippen molar-refractivity contribution in [1.29, 1.82) is 0 Å². The summed E-state index contributed by atoms with van der Waals surface area (Å²) in [5, 5.41) is 1.33. The van der Waals surface area contributed by atoms with Crippen LogP contribution in [0.25, 0.3) is 0 Å². The zero-order valence-electron chi connectivity index (χ0n) is 11.4. The Labute approximate surface area is 124 Å². The van der Waals surface area contributed by atoms with Crippen molar-refractivity contribution in [3.8, 4) is 0 Å². The van der Waals surface area contributed by atoms with Crippen molar-refractivity contribution in [3.63, 3.8) is 0 Å². The minimum absolute atomic E-state index is 0.352. The molecule has 0 aromatic heterocycles. The Hall–Kier alpha value is -1.76. The number of para-hydroxylation sites is 1. The van der Waals surface area contributed by atoms with Gasteiger partial charge in [-0.3, -0.25) is 9.59 Å². The first-order valence-electron chi connectivity index (χ1n) is 5.98. The van der Waals surface area contributed by atoms with E-state index in [1.165, 1.54) is 26.1 Å². The summed E-state index contributed by atoms with van der Waals surface area (Å²) in [6.45, 7) is 1.05. The van der Waals surface area contributed by atoms with E-state index >= 15 is 0 Å². The van der Waals surface area contributed by atoms with Crippen LogP contribution in [0.2, 0.25) is 0 Å². The number of rotatable bonds is 4. The Bertz CT molecular complexity index is 532. The van der Waals surface area contributed by atoms with Crippen LogP contribution in [-0.4, -0.2) is 35.7 Å². The van der Waals surface area contributed by atoms with Gasteiger partial charge in [0.05, 0.1) is 17.8 Å². The molecule has 21 heavy (non-hydrogen) atoms. The number of carbonyl (C=O) groups is 2. The van der Waals surface area contributed by atoms with Gasteiger partial charge in [-0.2, -0.15) is 13.2 Å². The van der Waals surface area contributed by atoms with Gasteiger partial charge in [0.1, 0.15) is 5.38 Å². The van der Waals surface area contributed by atoms with Crippen LogP contribution in [0.5, 0.6) is 0 Å². The van der Waals surface area contributed by atoms with Crippen LogP contribution in [0.15, 0.2) is 24.3 Å². The first kappa shape index (κ1) is 17.3. The highest BCUT2D eigenvalue weighted by atomic mass is 35.5. The highest BCUT2D eigenvalue weighted by molar-refractivity contribution is 6.30. The summed E-state index contributed by atoms with van der Waals surface area (Å²) >= 11 is 5.58. The molecule has 0 heterocycles. The monoisotopic (exact) mass is 322 g/mol. The van der Waals surface area contributed by atoms with Crippen molar-refractivity contribution in [3.05, 3.63) is 29.8 Å². The van der Waals surface area contributed by atoms with E-state index in [2.05, 4.69) is 5.32 Å². The lowest BCUT2D eigenvalue weighted by Gasteiger charge is -2.19. The number of hydrogen-bond acceptors (Lipinski definition) is 2. The van der Waals surface area contributed by atoms with Crippen molar-refractivity contribution in [2.75, 3.05) is 18.9 Å². The molecule has 0 radical (unpaired) electrons. The molecule has 116 valence electrons. The van der Waals surface area contributed by atoms with Crippen LogP contribution >= 0.6 is 11.6 Å². The molecule has 8 heteroatoms. The predicted octanol–water partition coefficient (Wildman–Crippen LogP) is 2.73. The molecule has 0 fully saturated rings. The van der Waals surface area contributed by atoms with Crippen LogP contribution in [0, 0.1) is 0 Å². The molecule has 0 bridgehead atoms. The van der Waals surface area contributed by atoms with E-state index in [9.17, 15) is 22.8 Å². The Morgan fingerprint density at radius 2 is 1.90 bits per heavy atom. The summed E-state index contributed by atoms with van der Waals surface area (Å²) in [6.07, 6.45) is -4.57. The van der Waals surface area contributed by atoms with Crippen molar-refractivity contribution in [2.45, 2.75) is 18.5 Å². The minimum Gasteiger partial charge on any atom is -0.335 e. The molecule has 1 unspecified atom stereocenters. The Morgan fingerprint density at radius 1 is 1.33 bits per heavy atom. The van der Waals surface area contributed by atoms with Crippen LogP contribution in [0.1, 0.15) is 12.5 Å². The van der Waals surface area contributed by atoms with E-state index in [-0.39, 0.29) is 12.2 Å². The maximum atomic E-state index is 12.8. The Morgan fingerprint density at radius 3 is 2.43 bits per heavy atom. The van der Waals surface area contributed by atoms with Gasteiger partial charge in [0.15, 0.2) is 0 Å². The molecule has 2 amide bonds. The predicted molar refractivity (Wildman–Crippen MR) is 73.0 cm³/mol. The molecule has 1 rings (SSSR count). The first-order valence-corrected chi connectivity index (χ1v) is 6.41. The number of alkyl halides is 4. The number of benzene rings is 1. The van der Waals surface area contributed by atoms with Gasteiger partial charge in [0, 0.05) is 7.05 Å². The van der Waals surface area contributed by atoms with Gasteiger partial charge >= 0.3 is 6.18 Å². The second-order valence-electron chi connectivity index (χ2n) is 4.40. The van der Waals surface area contributed by atoms with Crippen LogP contribution < -0.4 is 5.32 Å². The second-order valence-corrected chi connectivity index (χ2v) is 5.06. The molecule has 0 aliphatic heterocycles. The van der Waals surface area contributed by atoms with Crippen molar-refractivity contribution in [1.82, 2.24) is 4.90 Å². The molecule has 0 saturated carbocycles. The number of likely N-dealkylation sites (N-methyl/N-ethyl adjacent to an activating group) is 1. The quantitative estimate of drug-likeness (QED) is 0.867. The van der Waals surface area contributed by atoms with Gasteiger partial charge in [-0.15, -0.1) is 11.6 Å². The average Bonchev–Trinajstić information content (AvgIpc) is 2.36. The molecular formula is C13H14ClF3N2O2. The standard InChI is InChI=1S/C13H14ClF3N2O2/c1-8(14)12(21)19(2)7-11(20)18-10-6-4-3-5-9(10)13(15,16)17/h3-6,8H,7H2,1-2H3,(H,18,20). The number of hydrogen-bond donors (Lipinski definition) is 1. The summed E-state index contributed by atoms with van der Waals surface area (Å²) in [5.74, 6) is -1.23. The van der Waals surface area contributed by atoms with Crippen LogP contribution in [0.4, 0.5) is 18.9 Å². The number of amides is 2. The van der Waals surface area contributed by atoms with Gasteiger partial charge < -0.3 is 10.2 Å². The average molecular weight is 323 g/mol. The lowest BCUT2D eigenvalue weighted by Crippen LogP contribution is -2.38. The summed E-state index contributed by atoms with van der Waals surface area (Å²) < 4.78 is 38.3. The molecule has 1 atom stereocenters. The fourth-order valence-electron chi connectivity index (χ4n) is 1.63. The maximum absolute atomic E-state index is 12.8. The van der Waals surface area contributed by atoms with Crippen LogP contribution in [0.3, 0.4) is 0 Å². The van der Waals surface area contributed by atoms with E-state index in [1.807, 2.05) is 0 Å². The molecule has 1 N–H and O–H groups in total. The fraction of sp³-hybridized carbons (Fsp3) is 0.385. The first-order chi connectivity index (χ1) is 9.62.